The van der Waals surface area contributed by atoms with Crippen molar-refractivity contribution < 1.29 is 32.5 Å². The molecule has 0 atom stereocenters. The average Bonchev–Trinajstić information content (AvgIpc) is 2.70. The van der Waals surface area contributed by atoms with E-state index in [1.54, 1.807) is 26.8 Å². The molecule has 0 aliphatic rings. The minimum Gasteiger partial charge on any atom is -0.493 e. The third-order valence-electron chi connectivity index (χ3n) is 3.87. The van der Waals surface area contributed by atoms with Crippen LogP contribution in [0.3, 0.4) is 0 Å². The summed E-state index contributed by atoms with van der Waals surface area (Å²) < 4.78 is 43.0. The maximum Gasteiger partial charge on any atom is 0.413 e. The molecule has 0 aromatic heterocycles. The second kappa shape index (κ2) is 9.73. The lowest BCUT2D eigenvalue weighted by Gasteiger charge is -2.21. The zero-order valence-corrected chi connectivity index (χ0v) is 18.8. The number of sulfone groups is 1. The number of ether oxygens (including phenoxy) is 3. The lowest BCUT2D eigenvalue weighted by Crippen LogP contribution is -2.42. The minimum absolute atomic E-state index is 0.0927. The van der Waals surface area contributed by atoms with Gasteiger partial charge in [0.1, 0.15) is 6.61 Å². The summed E-state index contributed by atoms with van der Waals surface area (Å²) in [6, 6.07) is 8.65. The van der Waals surface area contributed by atoms with E-state index in [0.29, 0.717) is 5.56 Å². The molecule has 166 valence electrons. The third-order valence-corrected chi connectivity index (χ3v) is 5.67. The molecule has 31 heavy (non-hydrogen) atoms. The summed E-state index contributed by atoms with van der Waals surface area (Å²) in [5.74, 6) is 4.97. The molecule has 0 bridgehead atoms. The number of hydrogen-bond donors (Lipinski definition) is 2. The Labute approximate surface area is 182 Å². The topological polar surface area (TPSA) is 111 Å². The van der Waals surface area contributed by atoms with Gasteiger partial charge in [-0.25, -0.2) is 13.2 Å². The molecule has 0 saturated carbocycles. The van der Waals surface area contributed by atoms with E-state index in [-0.39, 0.29) is 33.6 Å². The lowest BCUT2D eigenvalue weighted by atomic mass is 10.1. The fourth-order valence-electron chi connectivity index (χ4n) is 2.65. The highest BCUT2D eigenvalue weighted by molar-refractivity contribution is 7.91. The maximum atomic E-state index is 13.6. The first-order valence-corrected chi connectivity index (χ1v) is 10.7. The van der Waals surface area contributed by atoms with Crippen molar-refractivity contribution >= 4 is 15.9 Å². The van der Waals surface area contributed by atoms with Gasteiger partial charge in [0.05, 0.1) is 19.1 Å². The second-order valence-electron chi connectivity index (χ2n) is 7.38. The Morgan fingerprint density at radius 2 is 1.77 bits per heavy atom. The number of amides is 1. The van der Waals surface area contributed by atoms with Crippen LogP contribution in [-0.2, 0) is 9.84 Å². The van der Waals surface area contributed by atoms with E-state index in [9.17, 15) is 13.2 Å². The number of methoxy groups -OCH3 is 2. The first kappa shape index (κ1) is 24.1. The van der Waals surface area contributed by atoms with Crippen molar-refractivity contribution in [3.8, 4) is 29.1 Å². The molecule has 0 radical (unpaired) electrons. The molecule has 1 amide bonds. The Morgan fingerprint density at radius 3 is 2.35 bits per heavy atom. The van der Waals surface area contributed by atoms with Crippen LogP contribution < -0.4 is 19.5 Å². The predicted molar refractivity (Wildman–Crippen MR) is 114 cm³/mol. The van der Waals surface area contributed by atoms with Crippen LogP contribution in [0.25, 0.3) is 0 Å². The molecule has 2 N–H and O–H groups in total. The number of carbonyl (C=O) groups excluding carboxylic acids is 1. The van der Waals surface area contributed by atoms with Crippen molar-refractivity contribution in [3.05, 3.63) is 42.0 Å². The van der Waals surface area contributed by atoms with Gasteiger partial charge in [-0.3, -0.25) is 0 Å². The van der Waals surface area contributed by atoms with Crippen LogP contribution in [0.5, 0.6) is 17.2 Å². The molecule has 9 heteroatoms. The predicted octanol–water partition coefficient (Wildman–Crippen LogP) is 2.77. The highest BCUT2D eigenvalue weighted by Crippen LogP contribution is 2.43. The number of hydrogen-bond acceptors (Lipinski definition) is 7. The maximum absolute atomic E-state index is 13.6. The zero-order valence-electron chi connectivity index (χ0n) is 18.0. The van der Waals surface area contributed by atoms with E-state index in [4.69, 9.17) is 19.3 Å². The monoisotopic (exact) mass is 447 g/mol. The normalized spacial score (nSPS) is 11.2. The average molecular weight is 448 g/mol. The van der Waals surface area contributed by atoms with Crippen LogP contribution in [-0.4, -0.2) is 46.0 Å². The van der Waals surface area contributed by atoms with Crippen molar-refractivity contribution in [1.29, 1.82) is 0 Å². The van der Waals surface area contributed by atoms with Gasteiger partial charge in [-0.1, -0.05) is 17.9 Å². The Hall–Kier alpha value is -3.22. The van der Waals surface area contributed by atoms with Crippen molar-refractivity contribution in [2.45, 2.75) is 36.1 Å². The number of benzene rings is 2. The molecule has 2 rings (SSSR count). The Morgan fingerprint density at radius 1 is 1.10 bits per heavy atom. The molecule has 0 saturated heterocycles. The smallest absolute Gasteiger partial charge is 0.413 e. The zero-order chi connectivity index (χ0) is 23.2. The first-order chi connectivity index (χ1) is 14.5. The van der Waals surface area contributed by atoms with Crippen molar-refractivity contribution in [3.63, 3.8) is 0 Å². The Bertz CT molecular complexity index is 1120. The van der Waals surface area contributed by atoms with Gasteiger partial charge in [-0.2, -0.15) is 0 Å². The molecule has 0 aliphatic heterocycles. The molecule has 0 unspecified atom stereocenters. The summed E-state index contributed by atoms with van der Waals surface area (Å²) in [5, 5.41) is 11.5. The van der Waals surface area contributed by atoms with Crippen LogP contribution in [0.15, 0.2) is 46.2 Å². The number of aliphatic hydroxyl groups excluding tert-OH is 1. The minimum atomic E-state index is -4.22. The molecular weight excluding hydrogens is 422 g/mol. The van der Waals surface area contributed by atoms with Gasteiger partial charge in [-0.15, -0.1) is 0 Å². The highest BCUT2D eigenvalue weighted by Gasteiger charge is 2.31. The number of rotatable bonds is 5. The van der Waals surface area contributed by atoms with E-state index in [1.165, 1.54) is 44.6 Å². The fourth-order valence-corrected chi connectivity index (χ4v) is 4.23. The number of carbonyl (C=O) groups is 1. The molecule has 0 aliphatic carbocycles. The molecule has 0 fully saturated rings. The molecule has 0 spiro atoms. The van der Waals surface area contributed by atoms with E-state index in [0.717, 1.165) is 0 Å². The largest absolute Gasteiger partial charge is 0.493 e. The van der Waals surface area contributed by atoms with Gasteiger partial charge in [-0.05, 0) is 51.1 Å². The molecule has 2 aromatic rings. The first-order valence-electron chi connectivity index (χ1n) is 9.23. The third kappa shape index (κ3) is 5.90. The van der Waals surface area contributed by atoms with Crippen molar-refractivity contribution in [2.24, 2.45) is 0 Å². The lowest BCUT2D eigenvalue weighted by molar-refractivity contribution is 0.189. The summed E-state index contributed by atoms with van der Waals surface area (Å²) in [6.07, 6.45) is -0.821. The fraction of sp³-hybridized carbons (Fsp3) is 0.318. The standard InChI is InChI=1S/C22H25NO7S/c1-22(2,3)23-21(25)30-18-12-11-17(28-4)19(29-5)20(18)31(26,27)16-10-6-8-15(14-16)9-7-13-24/h6,8,10-12,14,24H,13H2,1-5H3,(H,23,25). The quantitative estimate of drug-likeness (QED) is 0.678. The Kier molecular flexibility index (Phi) is 7.55. The van der Waals surface area contributed by atoms with E-state index < -0.39 is 21.5 Å². The van der Waals surface area contributed by atoms with Gasteiger partial charge in [0.15, 0.2) is 22.1 Å². The Balaban J connectivity index is 2.68. The summed E-state index contributed by atoms with van der Waals surface area (Å²) in [4.78, 5) is 11.9. The molecule has 2 aromatic carbocycles. The summed E-state index contributed by atoms with van der Waals surface area (Å²) in [7, 11) is -1.56. The van der Waals surface area contributed by atoms with Gasteiger partial charge >= 0.3 is 6.09 Å². The van der Waals surface area contributed by atoms with Crippen LogP contribution in [0.1, 0.15) is 26.3 Å². The van der Waals surface area contributed by atoms with Gasteiger partial charge in [0, 0.05) is 11.1 Å². The number of aliphatic hydroxyl groups is 1. The SMILES string of the molecule is COc1ccc(OC(=O)NC(C)(C)C)c(S(=O)(=O)c2cccc(C#CCO)c2)c1OC. The summed E-state index contributed by atoms with van der Waals surface area (Å²) in [5.41, 5.74) is -0.197. The molecule has 8 nitrogen and oxygen atoms in total. The van der Waals surface area contributed by atoms with E-state index >= 15 is 0 Å². The van der Waals surface area contributed by atoms with Crippen molar-refractivity contribution in [1.82, 2.24) is 5.32 Å². The van der Waals surface area contributed by atoms with Gasteiger partial charge < -0.3 is 24.6 Å². The summed E-state index contributed by atoms with van der Waals surface area (Å²) in [6.45, 7) is 4.93. The van der Waals surface area contributed by atoms with Crippen LogP contribution >= 0.6 is 0 Å². The van der Waals surface area contributed by atoms with Crippen LogP contribution in [0.2, 0.25) is 0 Å². The van der Waals surface area contributed by atoms with Crippen LogP contribution in [0.4, 0.5) is 4.79 Å². The van der Waals surface area contributed by atoms with E-state index in [2.05, 4.69) is 17.2 Å². The van der Waals surface area contributed by atoms with Crippen LogP contribution in [0, 0.1) is 11.8 Å². The van der Waals surface area contributed by atoms with Gasteiger partial charge in [0.2, 0.25) is 9.84 Å². The van der Waals surface area contributed by atoms with E-state index in [1.807, 2.05) is 0 Å². The van der Waals surface area contributed by atoms with Gasteiger partial charge in [0.25, 0.3) is 0 Å². The molecule has 0 heterocycles. The highest BCUT2D eigenvalue weighted by atomic mass is 32.2. The van der Waals surface area contributed by atoms with Crippen molar-refractivity contribution in [2.75, 3.05) is 20.8 Å². The number of nitrogens with one attached hydrogen (secondary N) is 1. The summed E-state index contributed by atoms with van der Waals surface area (Å²) >= 11 is 0. The molecular formula is C22H25NO7S. The second-order valence-corrected chi connectivity index (χ2v) is 9.27.